The molecule has 5 heteroatoms. The van der Waals surface area contributed by atoms with Gasteiger partial charge in [-0.25, -0.2) is 4.98 Å². The first-order chi connectivity index (χ1) is 9.28. The maximum Gasteiger partial charge on any atom is 0.136 e. The van der Waals surface area contributed by atoms with E-state index in [1.165, 1.54) is 0 Å². The number of ether oxygens (including phenoxy) is 2. The maximum atomic E-state index is 6.02. The Morgan fingerprint density at radius 1 is 1.53 bits per heavy atom. The predicted octanol–water partition coefficient (Wildman–Crippen LogP) is 3.02. The van der Waals surface area contributed by atoms with Gasteiger partial charge in [-0.3, -0.25) is 0 Å². The van der Waals surface area contributed by atoms with E-state index in [1.807, 2.05) is 18.2 Å². The number of imidazole rings is 1. The maximum absolute atomic E-state index is 6.02. The Hall–Kier alpha value is -1.10. The van der Waals surface area contributed by atoms with Crippen LogP contribution in [0.15, 0.2) is 18.2 Å². The van der Waals surface area contributed by atoms with Gasteiger partial charge >= 0.3 is 0 Å². The third-order valence-electron chi connectivity index (χ3n) is 3.47. The van der Waals surface area contributed by atoms with Crippen LogP contribution in [0.2, 0.25) is 5.02 Å². The van der Waals surface area contributed by atoms with E-state index in [1.54, 1.807) is 7.11 Å². The summed E-state index contributed by atoms with van der Waals surface area (Å²) in [6.07, 6.45) is 2.53. The minimum Gasteiger partial charge on any atom is -0.377 e. The highest BCUT2D eigenvalue weighted by Gasteiger charge is 2.19. The minimum absolute atomic E-state index is 0.281. The zero-order valence-electron chi connectivity index (χ0n) is 10.9. The molecule has 1 aromatic heterocycles. The molecule has 1 aromatic carbocycles. The van der Waals surface area contributed by atoms with Crippen LogP contribution in [0.1, 0.15) is 18.7 Å². The van der Waals surface area contributed by atoms with Crippen LogP contribution in [0.25, 0.3) is 11.0 Å². The van der Waals surface area contributed by atoms with Crippen molar-refractivity contribution in [3.63, 3.8) is 0 Å². The number of hydrogen-bond donors (Lipinski definition) is 0. The van der Waals surface area contributed by atoms with Crippen LogP contribution < -0.4 is 0 Å². The average Bonchev–Trinajstić information content (AvgIpc) is 2.99. The molecule has 1 fully saturated rings. The Kier molecular flexibility index (Phi) is 3.73. The SMILES string of the molecule is COCc1nc2cc(Cl)ccc2n1CC1CCCO1. The number of halogens is 1. The summed E-state index contributed by atoms with van der Waals surface area (Å²) in [4.78, 5) is 4.60. The molecule has 0 saturated carbocycles. The third kappa shape index (κ3) is 2.61. The van der Waals surface area contributed by atoms with E-state index in [2.05, 4.69) is 9.55 Å². The summed E-state index contributed by atoms with van der Waals surface area (Å²) in [6, 6.07) is 5.80. The van der Waals surface area contributed by atoms with Gasteiger partial charge in [-0.2, -0.15) is 0 Å². The Balaban J connectivity index is 2.00. The fourth-order valence-electron chi connectivity index (χ4n) is 2.59. The molecule has 19 heavy (non-hydrogen) atoms. The Bertz CT molecular complexity index is 576. The highest BCUT2D eigenvalue weighted by Crippen LogP contribution is 2.23. The van der Waals surface area contributed by atoms with Crippen molar-refractivity contribution in [2.75, 3.05) is 13.7 Å². The normalized spacial score (nSPS) is 19.4. The number of nitrogens with zero attached hydrogens (tertiary/aromatic N) is 2. The second-order valence-electron chi connectivity index (χ2n) is 4.84. The molecule has 1 aliphatic heterocycles. The summed E-state index contributed by atoms with van der Waals surface area (Å²) < 4.78 is 13.1. The second-order valence-corrected chi connectivity index (χ2v) is 5.28. The van der Waals surface area contributed by atoms with Crippen LogP contribution >= 0.6 is 11.6 Å². The number of hydrogen-bond acceptors (Lipinski definition) is 3. The van der Waals surface area contributed by atoms with Crippen molar-refractivity contribution < 1.29 is 9.47 Å². The topological polar surface area (TPSA) is 36.3 Å². The van der Waals surface area contributed by atoms with E-state index in [4.69, 9.17) is 21.1 Å². The quantitative estimate of drug-likeness (QED) is 0.864. The second kappa shape index (κ2) is 5.49. The van der Waals surface area contributed by atoms with E-state index < -0.39 is 0 Å². The van der Waals surface area contributed by atoms with Crippen LogP contribution in [0.4, 0.5) is 0 Å². The molecule has 3 rings (SSSR count). The van der Waals surface area contributed by atoms with Crippen molar-refractivity contribution in [3.05, 3.63) is 29.0 Å². The van der Waals surface area contributed by atoms with Crippen molar-refractivity contribution >= 4 is 22.6 Å². The number of methoxy groups -OCH3 is 1. The molecule has 0 radical (unpaired) electrons. The van der Waals surface area contributed by atoms with E-state index in [0.717, 1.165) is 42.9 Å². The van der Waals surface area contributed by atoms with Gasteiger partial charge in [0.2, 0.25) is 0 Å². The van der Waals surface area contributed by atoms with Crippen LogP contribution in [0, 0.1) is 0 Å². The molecule has 0 N–H and O–H groups in total. The zero-order valence-corrected chi connectivity index (χ0v) is 11.7. The molecule has 2 heterocycles. The first-order valence-electron chi connectivity index (χ1n) is 6.53. The molecule has 2 aromatic rings. The molecule has 1 aliphatic rings. The lowest BCUT2D eigenvalue weighted by molar-refractivity contribution is 0.0946. The lowest BCUT2D eigenvalue weighted by Crippen LogP contribution is -2.17. The predicted molar refractivity (Wildman–Crippen MR) is 74.4 cm³/mol. The molecule has 0 amide bonds. The molecular formula is C14H17ClN2O2. The largest absolute Gasteiger partial charge is 0.377 e. The fraction of sp³-hybridized carbons (Fsp3) is 0.500. The summed E-state index contributed by atoms with van der Waals surface area (Å²) in [5.74, 6) is 0.926. The van der Waals surface area contributed by atoms with Gasteiger partial charge in [0.05, 0.1) is 23.7 Å². The number of benzene rings is 1. The first-order valence-corrected chi connectivity index (χ1v) is 6.91. The van der Waals surface area contributed by atoms with Crippen LogP contribution in [-0.2, 0) is 22.6 Å². The van der Waals surface area contributed by atoms with Crippen molar-refractivity contribution in [1.29, 1.82) is 0 Å². The van der Waals surface area contributed by atoms with Gasteiger partial charge in [0.25, 0.3) is 0 Å². The van der Waals surface area contributed by atoms with E-state index in [9.17, 15) is 0 Å². The molecular weight excluding hydrogens is 264 g/mol. The van der Waals surface area contributed by atoms with Crippen molar-refractivity contribution in [3.8, 4) is 0 Å². The van der Waals surface area contributed by atoms with Crippen LogP contribution in [0.5, 0.6) is 0 Å². The van der Waals surface area contributed by atoms with Crippen molar-refractivity contribution in [2.24, 2.45) is 0 Å². The third-order valence-corrected chi connectivity index (χ3v) is 3.71. The first kappa shape index (κ1) is 12.9. The molecule has 4 nitrogen and oxygen atoms in total. The van der Waals surface area contributed by atoms with Crippen molar-refractivity contribution in [1.82, 2.24) is 9.55 Å². The Morgan fingerprint density at radius 2 is 2.42 bits per heavy atom. The Labute approximate surface area is 117 Å². The monoisotopic (exact) mass is 280 g/mol. The average molecular weight is 281 g/mol. The van der Waals surface area contributed by atoms with Crippen molar-refractivity contribution in [2.45, 2.75) is 32.1 Å². The minimum atomic E-state index is 0.281. The van der Waals surface area contributed by atoms with Gasteiger partial charge < -0.3 is 14.0 Å². The smallest absolute Gasteiger partial charge is 0.136 e. The van der Waals surface area contributed by atoms with Gasteiger partial charge in [-0.15, -0.1) is 0 Å². The lowest BCUT2D eigenvalue weighted by atomic mass is 10.2. The van der Waals surface area contributed by atoms with E-state index in [0.29, 0.717) is 11.6 Å². The molecule has 1 saturated heterocycles. The summed E-state index contributed by atoms with van der Waals surface area (Å²) in [5.41, 5.74) is 2.00. The number of fused-ring (bicyclic) bond motifs is 1. The zero-order chi connectivity index (χ0) is 13.2. The molecule has 1 atom stereocenters. The fourth-order valence-corrected chi connectivity index (χ4v) is 2.75. The molecule has 0 spiro atoms. The molecule has 1 unspecified atom stereocenters. The summed E-state index contributed by atoms with van der Waals surface area (Å²) in [6.45, 7) is 2.19. The van der Waals surface area contributed by atoms with Gasteiger partial charge in [0.1, 0.15) is 12.4 Å². The van der Waals surface area contributed by atoms with E-state index in [-0.39, 0.29) is 6.10 Å². The highest BCUT2D eigenvalue weighted by atomic mass is 35.5. The standard InChI is InChI=1S/C14H17ClN2O2/c1-18-9-14-16-12-7-10(15)4-5-13(12)17(14)8-11-3-2-6-19-11/h4-5,7,11H,2-3,6,8-9H2,1H3. The summed E-state index contributed by atoms with van der Waals surface area (Å²) in [5, 5.41) is 0.707. The molecule has 0 bridgehead atoms. The lowest BCUT2D eigenvalue weighted by Gasteiger charge is -2.13. The van der Waals surface area contributed by atoms with Crippen LogP contribution in [-0.4, -0.2) is 29.4 Å². The van der Waals surface area contributed by atoms with Gasteiger partial charge in [0, 0.05) is 18.7 Å². The van der Waals surface area contributed by atoms with Gasteiger partial charge in [0.15, 0.2) is 0 Å². The molecule has 0 aliphatic carbocycles. The highest BCUT2D eigenvalue weighted by molar-refractivity contribution is 6.31. The van der Waals surface area contributed by atoms with Gasteiger partial charge in [-0.1, -0.05) is 11.6 Å². The summed E-state index contributed by atoms with van der Waals surface area (Å²) in [7, 11) is 1.68. The Morgan fingerprint density at radius 3 is 3.16 bits per heavy atom. The summed E-state index contributed by atoms with van der Waals surface area (Å²) >= 11 is 6.02. The number of rotatable bonds is 4. The van der Waals surface area contributed by atoms with E-state index >= 15 is 0 Å². The van der Waals surface area contributed by atoms with Crippen LogP contribution in [0.3, 0.4) is 0 Å². The molecule has 102 valence electrons. The number of aromatic nitrogens is 2. The van der Waals surface area contributed by atoms with Gasteiger partial charge in [-0.05, 0) is 31.0 Å².